The molecule has 1 aromatic heterocycles. The van der Waals surface area contributed by atoms with Crippen LogP contribution in [0.5, 0.6) is 5.75 Å². The molecule has 2 aromatic carbocycles. The Bertz CT molecular complexity index is 899. The number of hydrogen-bond acceptors (Lipinski definition) is 3. The van der Waals surface area contributed by atoms with Gasteiger partial charge in [-0.3, -0.25) is 4.79 Å². The van der Waals surface area contributed by atoms with Gasteiger partial charge in [-0.25, -0.2) is 0 Å². The lowest BCUT2D eigenvalue weighted by atomic mass is 10.1. The van der Waals surface area contributed by atoms with Gasteiger partial charge in [-0.15, -0.1) is 0 Å². The van der Waals surface area contributed by atoms with Gasteiger partial charge < -0.3 is 14.5 Å². The number of aryl methyl sites for hydroxylation is 2. The van der Waals surface area contributed by atoms with Crippen LogP contribution in [0.2, 0.25) is 0 Å². The van der Waals surface area contributed by atoms with Crippen LogP contribution in [0, 0.1) is 13.8 Å². The van der Waals surface area contributed by atoms with Crippen molar-refractivity contribution in [1.29, 1.82) is 0 Å². The number of carbonyl (C=O) groups excluding carboxylic acids is 1. The van der Waals surface area contributed by atoms with Gasteiger partial charge in [0.2, 0.25) is 0 Å². The zero-order valence-electron chi connectivity index (χ0n) is 13.1. The van der Waals surface area contributed by atoms with Gasteiger partial charge in [0, 0.05) is 15.5 Å². The molecule has 0 aliphatic rings. The molecule has 0 bridgehead atoms. The topological polar surface area (TPSA) is 51.5 Å². The molecule has 0 fully saturated rings. The Hall–Kier alpha value is -2.27. The van der Waals surface area contributed by atoms with E-state index in [1.807, 2.05) is 43.3 Å². The monoisotopic (exact) mass is 373 g/mol. The van der Waals surface area contributed by atoms with Gasteiger partial charge in [-0.05, 0) is 55.8 Å². The van der Waals surface area contributed by atoms with Crippen molar-refractivity contribution >= 4 is 38.5 Å². The number of hydrogen-bond donors (Lipinski definition) is 1. The minimum absolute atomic E-state index is 0.195. The second kappa shape index (κ2) is 6.08. The van der Waals surface area contributed by atoms with Crippen LogP contribution in [0.3, 0.4) is 0 Å². The number of amides is 1. The van der Waals surface area contributed by atoms with Crippen molar-refractivity contribution in [2.75, 3.05) is 12.4 Å². The summed E-state index contributed by atoms with van der Waals surface area (Å²) in [5.41, 5.74) is 2.95. The highest BCUT2D eigenvalue weighted by Gasteiger charge is 2.19. The molecule has 0 aliphatic carbocycles. The highest BCUT2D eigenvalue weighted by molar-refractivity contribution is 9.10. The van der Waals surface area contributed by atoms with E-state index in [2.05, 4.69) is 21.2 Å². The normalized spacial score (nSPS) is 10.8. The molecule has 0 saturated heterocycles. The van der Waals surface area contributed by atoms with Gasteiger partial charge in [0.15, 0.2) is 0 Å². The molecule has 118 valence electrons. The van der Waals surface area contributed by atoms with Crippen LogP contribution < -0.4 is 10.1 Å². The van der Waals surface area contributed by atoms with Crippen LogP contribution in [0.15, 0.2) is 45.3 Å². The van der Waals surface area contributed by atoms with E-state index in [1.54, 1.807) is 14.0 Å². The summed E-state index contributed by atoms with van der Waals surface area (Å²) in [4.78, 5) is 12.7. The standard InChI is InChI=1S/C18H16BrNO3/c1-10-8-12(19)4-6-15(10)20-18(21)17-11(2)23-16-7-5-13(22-3)9-14(16)17/h4-9H,1-3H3,(H,20,21). The molecule has 1 heterocycles. The molecular formula is C18H16BrNO3. The van der Waals surface area contributed by atoms with Crippen LogP contribution in [-0.4, -0.2) is 13.0 Å². The van der Waals surface area contributed by atoms with Gasteiger partial charge in [-0.2, -0.15) is 0 Å². The maximum Gasteiger partial charge on any atom is 0.259 e. The minimum atomic E-state index is -0.195. The van der Waals surface area contributed by atoms with E-state index in [4.69, 9.17) is 9.15 Å². The molecular weight excluding hydrogens is 358 g/mol. The molecule has 0 atom stereocenters. The lowest BCUT2D eigenvalue weighted by Gasteiger charge is -2.08. The predicted molar refractivity (Wildman–Crippen MR) is 94.3 cm³/mol. The number of furan rings is 1. The van der Waals surface area contributed by atoms with Crippen molar-refractivity contribution in [2.24, 2.45) is 0 Å². The van der Waals surface area contributed by atoms with Gasteiger partial charge in [0.25, 0.3) is 5.91 Å². The van der Waals surface area contributed by atoms with Crippen LogP contribution in [0.1, 0.15) is 21.7 Å². The molecule has 0 radical (unpaired) electrons. The Balaban J connectivity index is 2.01. The highest BCUT2D eigenvalue weighted by Crippen LogP contribution is 2.30. The van der Waals surface area contributed by atoms with E-state index in [-0.39, 0.29) is 5.91 Å². The minimum Gasteiger partial charge on any atom is -0.497 e. The lowest BCUT2D eigenvalue weighted by molar-refractivity contribution is 0.102. The lowest BCUT2D eigenvalue weighted by Crippen LogP contribution is -2.13. The van der Waals surface area contributed by atoms with E-state index < -0.39 is 0 Å². The number of fused-ring (bicyclic) bond motifs is 1. The quantitative estimate of drug-likeness (QED) is 0.696. The first-order valence-corrected chi connectivity index (χ1v) is 7.93. The number of rotatable bonds is 3. The van der Waals surface area contributed by atoms with Crippen LogP contribution >= 0.6 is 15.9 Å². The number of ether oxygens (including phenoxy) is 1. The number of benzene rings is 2. The number of carbonyl (C=O) groups is 1. The Morgan fingerprint density at radius 3 is 2.65 bits per heavy atom. The number of halogens is 1. The first-order valence-electron chi connectivity index (χ1n) is 7.14. The van der Waals surface area contributed by atoms with Crippen molar-refractivity contribution in [3.8, 4) is 5.75 Å². The summed E-state index contributed by atoms with van der Waals surface area (Å²) in [6.45, 7) is 3.74. The largest absolute Gasteiger partial charge is 0.497 e. The number of anilines is 1. The third kappa shape index (κ3) is 2.97. The second-order valence-electron chi connectivity index (χ2n) is 5.31. The van der Waals surface area contributed by atoms with Crippen molar-refractivity contribution < 1.29 is 13.9 Å². The first kappa shape index (κ1) is 15.6. The maximum atomic E-state index is 12.7. The molecule has 3 rings (SSSR count). The molecule has 1 amide bonds. The number of nitrogens with one attached hydrogen (secondary N) is 1. The zero-order chi connectivity index (χ0) is 16.6. The highest BCUT2D eigenvalue weighted by atomic mass is 79.9. The Morgan fingerprint density at radius 2 is 1.96 bits per heavy atom. The van der Waals surface area contributed by atoms with Crippen molar-refractivity contribution in [2.45, 2.75) is 13.8 Å². The number of methoxy groups -OCH3 is 1. The van der Waals surface area contributed by atoms with Gasteiger partial charge >= 0.3 is 0 Å². The Labute approximate surface area is 142 Å². The predicted octanol–water partition coefficient (Wildman–Crippen LogP) is 5.07. The van der Waals surface area contributed by atoms with Gasteiger partial charge in [-0.1, -0.05) is 15.9 Å². The van der Waals surface area contributed by atoms with Crippen molar-refractivity contribution in [3.05, 3.63) is 57.8 Å². The maximum absolute atomic E-state index is 12.7. The summed E-state index contributed by atoms with van der Waals surface area (Å²) in [7, 11) is 1.60. The summed E-state index contributed by atoms with van der Waals surface area (Å²) in [6, 6.07) is 11.2. The molecule has 0 spiro atoms. The third-order valence-electron chi connectivity index (χ3n) is 3.73. The zero-order valence-corrected chi connectivity index (χ0v) is 14.7. The van der Waals surface area contributed by atoms with Crippen molar-refractivity contribution in [3.63, 3.8) is 0 Å². The fourth-order valence-electron chi connectivity index (χ4n) is 2.56. The van der Waals surface area contributed by atoms with Gasteiger partial charge in [0.05, 0.1) is 12.7 Å². The van der Waals surface area contributed by atoms with Gasteiger partial charge in [0.1, 0.15) is 17.1 Å². The molecule has 1 N–H and O–H groups in total. The van der Waals surface area contributed by atoms with E-state index in [1.165, 1.54) is 0 Å². The van der Waals surface area contributed by atoms with Crippen molar-refractivity contribution in [1.82, 2.24) is 0 Å². The molecule has 3 aromatic rings. The molecule has 0 unspecified atom stereocenters. The van der Waals surface area contributed by atoms with Crippen LogP contribution in [0.25, 0.3) is 11.0 Å². The van der Waals surface area contributed by atoms with E-state index >= 15 is 0 Å². The smallest absolute Gasteiger partial charge is 0.259 e. The molecule has 0 aliphatic heterocycles. The molecule has 5 heteroatoms. The fourth-order valence-corrected chi connectivity index (χ4v) is 3.04. The molecule has 4 nitrogen and oxygen atoms in total. The summed E-state index contributed by atoms with van der Waals surface area (Å²) >= 11 is 3.42. The summed E-state index contributed by atoms with van der Waals surface area (Å²) in [6.07, 6.45) is 0. The second-order valence-corrected chi connectivity index (χ2v) is 6.22. The molecule has 0 saturated carbocycles. The first-order chi connectivity index (χ1) is 11.0. The van der Waals surface area contributed by atoms with E-state index in [0.29, 0.717) is 22.7 Å². The summed E-state index contributed by atoms with van der Waals surface area (Å²) < 4.78 is 11.9. The fraction of sp³-hybridized carbons (Fsp3) is 0.167. The SMILES string of the molecule is COc1ccc2oc(C)c(C(=O)Nc3ccc(Br)cc3C)c2c1. The summed E-state index contributed by atoms with van der Waals surface area (Å²) in [5.74, 6) is 1.08. The average Bonchev–Trinajstić information content (AvgIpc) is 2.84. The van der Waals surface area contributed by atoms with E-state index in [0.717, 1.165) is 21.1 Å². The third-order valence-corrected chi connectivity index (χ3v) is 4.23. The van der Waals surface area contributed by atoms with E-state index in [9.17, 15) is 4.79 Å². The Morgan fingerprint density at radius 1 is 1.17 bits per heavy atom. The molecule has 23 heavy (non-hydrogen) atoms. The Kier molecular flexibility index (Phi) is 4.13. The average molecular weight is 374 g/mol. The van der Waals surface area contributed by atoms with Crippen LogP contribution in [0.4, 0.5) is 5.69 Å². The summed E-state index contributed by atoms with van der Waals surface area (Å²) in [5, 5.41) is 3.69. The van der Waals surface area contributed by atoms with Crippen LogP contribution in [-0.2, 0) is 0 Å².